The molecule has 0 aliphatic carbocycles. The minimum atomic E-state index is -4.44. The van der Waals surface area contributed by atoms with Crippen molar-refractivity contribution < 1.29 is 27.4 Å². The number of alkyl halides is 3. The minimum absolute atomic E-state index is 0.286. The SMILES string of the molecule is CCOc1ccc2[nH]cc(C(=O)COCC(F)(F)F)c2c1. The van der Waals surface area contributed by atoms with Crippen LogP contribution in [-0.4, -0.2) is 36.8 Å². The molecular weight excluding hydrogens is 287 g/mol. The average molecular weight is 301 g/mol. The number of hydrogen-bond donors (Lipinski definition) is 1. The van der Waals surface area contributed by atoms with E-state index in [1.165, 1.54) is 6.20 Å². The van der Waals surface area contributed by atoms with Crippen molar-refractivity contribution in [3.8, 4) is 5.75 Å². The van der Waals surface area contributed by atoms with Crippen LogP contribution in [-0.2, 0) is 4.74 Å². The van der Waals surface area contributed by atoms with Crippen LogP contribution in [0.3, 0.4) is 0 Å². The van der Waals surface area contributed by atoms with Gasteiger partial charge < -0.3 is 14.5 Å². The maximum Gasteiger partial charge on any atom is 0.411 e. The monoisotopic (exact) mass is 301 g/mol. The molecule has 1 heterocycles. The summed E-state index contributed by atoms with van der Waals surface area (Å²) in [6.45, 7) is 0.253. The van der Waals surface area contributed by atoms with Gasteiger partial charge in [-0.25, -0.2) is 0 Å². The number of fused-ring (bicyclic) bond motifs is 1. The Morgan fingerprint density at radius 3 is 2.76 bits per heavy atom. The predicted molar refractivity (Wildman–Crippen MR) is 70.7 cm³/mol. The molecule has 0 amide bonds. The van der Waals surface area contributed by atoms with E-state index in [-0.39, 0.29) is 5.56 Å². The third kappa shape index (κ3) is 3.98. The average Bonchev–Trinajstić information content (AvgIpc) is 2.80. The molecule has 0 atom stereocenters. The molecule has 0 bridgehead atoms. The highest BCUT2D eigenvalue weighted by molar-refractivity contribution is 6.08. The topological polar surface area (TPSA) is 51.3 Å². The Kier molecular flexibility index (Phi) is 4.52. The summed E-state index contributed by atoms with van der Waals surface area (Å²) < 4.78 is 45.7. The highest BCUT2D eigenvalue weighted by Gasteiger charge is 2.28. The zero-order valence-corrected chi connectivity index (χ0v) is 11.3. The van der Waals surface area contributed by atoms with Crippen LogP contribution in [0.25, 0.3) is 10.9 Å². The van der Waals surface area contributed by atoms with Crippen molar-refractivity contribution in [2.45, 2.75) is 13.1 Å². The third-order valence-corrected chi connectivity index (χ3v) is 2.76. The van der Waals surface area contributed by atoms with Crippen LogP contribution >= 0.6 is 0 Å². The normalized spacial score (nSPS) is 11.8. The van der Waals surface area contributed by atoms with E-state index < -0.39 is 25.2 Å². The van der Waals surface area contributed by atoms with E-state index in [0.717, 1.165) is 0 Å². The van der Waals surface area contributed by atoms with Crippen molar-refractivity contribution in [2.24, 2.45) is 0 Å². The molecule has 0 aliphatic heterocycles. The first-order valence-corrected chi connectivity index (χ1v) is 6.32. The van der Waals surface area contributed by atoms with Gasteiger partial charge in [0.1, 0.15) is 19.0 Å². The lowest BCUT2D eigenvalue weighted by atomic mass is 10.1. The van der Waals surface area contributed by atoms with Gasteiger partial charge in [-0.15, -0.1) is 0 Å². The Bertz CT molecular complexity index is 634. The van der Waals surface area contributed by atoms with E-state index in [4.69, 9.17) is 4.74 Å². The van der Waals surface area contributed by atoms with Crippen LogP contribution in [0.5, 0.6) is 5.75 Å². The second-order valence-corrected chi connectivity index (χ2v) is 4.37. The first kappa shape index (κ1) is 15.4. The van der Waals surface area contributed by atoms with E-state index in [0.29, 0.717) is 23.3 Å². The number of nitrogens with one attached hydrogen (secondary N) is 1. The maximum absolute atomic E-state index is 12.0. The van der Waals surface area contributed by atoms with Gasteiger partial charge in [-0.3, -0.25) is 4.79 Å². The van der Waals surface area contributed by atoms with E-state index in [9.17, 15) is 18.0 Å². The van der Waals surface area contributed by atoms with Crippen LogP contribution in [0.2, 0.25) is 0 Å². The van der Waals surface area contributed by atoms with Crippen molar-refractivity contribution in [3.05, 3.63) is 30.0 Å². The summed E-state index contributed by atoms with van der Waals surface area (Å²) in [7, 11) is 0. The zero-order chi connectivity index (χ0) is 15.5. The summed E-state index contributed by atoms with van der Waals surface area (Å²) in [5, 5.41) is 0.599. The summed E-state index contributed by atoms with van der Waals surface area (Å²) in [6.07, 6.45) is -2.98. The third-order valence-electron chi connectivity index (χ3n) is 2.76. The van der Waals surface area contributed by atoms with Gasteiger partial charge in [0.05, 0.1) is 6.61 Å². The molecule has 1 aromatic carbocycles. The van der Waals surface area contributed by atoms with Gasteiger partial charge in [0.2, 0.25) is 0 Å². The molecule has 21 heavy (non-hydrogen) atoms. The number of H-pyrrole nitrogens is 1. The number of Topliss-reactive ketones (excluding diaryl/α,β-unsaturated/α-hetero) is 1. The molecule has 0 aliphatic rings. The van der Waals surface area contributed by atoms with Crippen molar-refractivity contribution >= 4 is 16.7 Å². The summed E-state index contributed by atoms with van der Waals surface area (Å²) in [5.41, 5.74) is 0.992. The molecule has 0 fully saturated rings. The number of aromatic amines is 1. The van der Waals surface area contributed by atoms with Crippen LogP contribution in [0.4, 0.5) is 13.2 Å². The second-order valence-electron chi connectivity index (χ2n) is 4.37. The molecule has 0 saturated carbocycles. The lowest BCUT2D eigenvalue weighted by Gasteiger charge is -2.07. The van der Waals surface area contributed by atoms with E-state index in [2.05, 4.69) is 9.72 Å². The van der Waals surface area contributed by atoms with Gasteiger partial charge in [-0.1, -0.05) is 0 Å². The number of carbonyl (C=O) groups excluding carboxylic acids is 1. The highest BCUT2D eigenvalue weighted by atomic mass is 19.4. The Morgan fingerprint density at radius 2 is 2.10 bits per heavy atom. The van der Waals surface area contributed by atoms with Crippen LogP contribution in [0.1, 0.15) is 17.3 Å². The molecule has 0 radical (unpaired) electrons. The highest BCUT2D eigenvalue weighted by Crippen LogP contribution is 2.24. The summed E-state index contributed by atoms with van der Waals surface area (Å²) in [5.74, 6) is 0.0778. The van der Waals surface area contributed by atoms with Crippen molar-refractivity contribution in [2.75, 3.05) is 19.8 Å². The number of hydrogen-bond acceptors (Lipinski definition) is 3. The number of ketones is 1. The molecule has 1 N–H and O–H groups in total. The molecule has 0 saturated heterocycles. The zero-order valence-electron chi connectivity index (χ0n) is 11.3. The Hall–Kier alpha value is -2.02. The molecular formula is C14H14F3NO3. The minimum Gasteiger partial charge on any atom is -0.494 e. The Balaban J connectivity index is 2.13. The molecule has 2 rings (SSSR count). The molecule has 0 unspecified atom stereocenters. The fourth-order valence-corrected chi connectivity index (χ4v) is 1.92. The van der Waals surface area contributed by atoms with E-state index in [1.807, 2.05) is 6.92 Å². The van der Waals surface area contributed by atoms with Crippen molar-refractivity contribution in [1.29, 1.82) is 0 Å². The number of aromatic nitrogens is 1. The summed E-state index contributed by atoms with van der Waals surface area (Å²) in [6, 6.07) is 5.16. The largest absolute Gasteiger partial charge is 0.494 e. The van der Waals surface area contributed by atoms with E-state index in [1.54, 1.807) is 18.2 Å². The smallest absolute Gasteiger partial charge is 0.411 e. The molecule has 2 aromatic rings. The first-order chi connectivity index (χ1) is 9.90. The second kappa shape index (κ2) is 6.17. The molecule has 114 valence electrons. The van der Waals surface area contributed by atoms with Crippen molar-refractivity contribution in [3.63, 3.8) is 0 Å². The van der Waals surface area contributed by atoms with Gasteiger partial charge in [-0.2, -0.15) is 13.2 Å². The van der Waals surface area contributed by atoms with Gasteiger partial charge in [0, 0.05) is 22.7 Å². The van der Waals surface area contributed by atoms with Crippen LogP contribution < -0.4 is 4.74 Å². The van der Waals surface area contributed by atoms with E-state index >= 15 is 0 Å². The van der Waals surface area contributed by atoms with Gasteiger partial charge >= 0.3 is 6.18 Å². The molecule has 1 aromatic heterocycles. The number of rotatable bonds is 6. The van der Waals surface area contributed by atoms with Gasteiger partial charge in [0.25, 0.3) is 0 Å². The lowest BCUT2D eigenvalue weighted by Crippen LogP contribution is -2.20. The summed E-state index contributed by atoms with van der Waals surface area (Å²) in [4.78, 5) is 14.8. The summed E-state index contributed by atoms with van der Waals surface area (Å²) >= 11 is 0. The fraction of sp³-hybridized carbons (Fsp3) is 0.357. The van der Waals surface area contributed by atoms with Crippen molar-refractivity contribution in [1.82, 2.24) is 4.98 Å². The maximum atomic E-state index is 12.0. The number of ether oxygens (including phenoxy) is 2. The first-order valence-electron chi connectivity index (χ1n) is 6.32. The predicted octanol–water partition coefficient (Wildman–Crippen LogP) is 3.33. The number of carbonyl (C=O) groups is 1. The fourth-order valence-electron chi connectivity index (χ4n) is 1.92. The Morgan fingerprint density at radius 1 is 1.33 bits per heavy atom. The molecule has 7 heteroatoms. The quantitative estimate of drug-likeness (QED) is 0.833. The standard InChI is InChI=1S/C14H14F3NO3/c1-2-21-9-3-4-12-10(5-9)11(6-18-12)13(19)7-20-8-14(15,16)17/h3-6,18H,2,7-8H2,1H3. The number of benzene rings is 1. The number of halogens is 3. The van der Waals surface area contributed by atoms with Gasteiger partial charge in [-0.05, 0) is 25.1 Å². The Labute approximate surface area is 118 Å². The molecule has 4 nitrogen and oxygen atoms in total. The van der Waals surface area contributed by atoms with Crippen LogP contribution in [0.15, 0.2) is 24.4 Å². The lowest BCUT2D eigenvalue weighted by molar-refractivity contribution is -0.170. The van der Waals surface area contributed by atoms with Crippen LogP contribution in [0, 0.1) is 0 Å². The molecule has 0 spiro atoms. The van der Waals surface area contributed by atoms with Gasteiger partial charge in [0.15, 0.2) is 5.78 Å².